The highest BCUT2D eigenvalue weighted by molar-refractivity contribution is 7.89. The number of hydrogen-bond acceptors (Lipinski definition) is 3. The third kappa shape index (κ3) is 3.02. The zero-order valence-corrected chi connectivity index (χ0v) is 12.2. The minimum Gasteiger partial charge on any atom is -0.478 e. The average molecular weight is 324 g/mol. The minimum atomic E-state index is -3.86. The number of carboxylic acids is 1. The van der Waals surface area contributed by atoms with Crippen LogP contribution in [0.3, 0.4) is 0 Å². The van der Waals surface area contributed by atoms with Crippen LogP contribution in [0.15, 0.2) is 17.0 Å². The van der Waals surface area contributed by atoms with Crippen LogP contribution in [0.4, 0.5) is 0 Å². The fourth-order valence-electron chi connectivity index (χ4n) is 1.57. The number of carboxylic acid groups (broad SMARTS) is 1. The molecule has 0 aromatic heterocycles. The van der Waals surface area contributed by atoms with Crippen molar-refractivity contribution in [1.29, 1.82) is 0 Å². The summed E-state index contributed by atoms with van der Waals surface area (Å²) in [5.74, 6) is -1.31. The van der Waals surface area contributed by atoms with Gasteiger partial charge in [-0.15, -0.1) is 0 Å². The second-order valence-electron chi connectivity index (χ2n) is 4.73. The summed E-state index contributed by atoms with van der Waals surface area (Å²) in [6.45, 7) is 1.77. The van der Waals surface area contributed by atoms with Crippen LogP contribution in [-0.2, 0) is 10.0 Å². The molecular weight excluding hydrogens is 313 g/mol. The van der Waals surface area contributed by atoms with E-state index >= 15 is 0 Å². The number of benzene rings is 1. The van der Waals surface area contributed by atoms with Crippen molar-refractivity contribution in [2.45, 2.75) is 30.2 Å². The first kappa shape index (κ1) is 14.6. The van der Waals surface area contributed by atoms with Crippen LogP contribution in [0.25, 0.3) is 0 Å². The van der Waals surface area contributed by atoms with E-state index in [1.54, 1.807) is 6.92 Å². The molecule has 1 aliphatic carbocycles. The second kappa shape index (κ2) is 4.63. The monoisotopic (exact) mass is 323 g/mol. The van der Waals surface area contributed by atoms with Crippen molar-refractivity contribution in [2.24, 2.45) is 0 Å². The predicted molar refractivity (Wildman–Crippen MR) is 71.4 cm³/mol. The summed E-state index contributed by atoms with van der Waals surface area (Å²) in [6.07, 6.45) is 1.48. The van der Waals surface area contributed by atoms with Gasteiger partial charge in [-0.25, -0.2) is 17.9 Å². The van der Waals surface area contributed by atoms with Gasteiger partial charge in [0.1, 0.15) is 4.90 Å². The third-order valence-electron chi connectivity index (χ3n) is 2.92. The number of carbonyl (C=O) groups is 1. The molecule has 1 fully saturated rings. The summed E-state index contributed by atoms with van der Waals surface area (Å²) < 4.78 is 26.8. The minimum absolute atomic E-state index is 0.103. The Morgan fingerprint density at radius 1 is 1.32 bits per heavy atom. The fourth-order valence-corrected chi connectivity index (χ4v) is 3.89. The van der Waals surface area contributed by atoms with Crippen molar-refractivity contribution in [1.82, 2.24) is 4.72 Å². The van der Waals surface area contributed by atoms with E-state index in [-0.39, 0.29) is 20.5 Å². The summed E-state index contributed by atoms with van der Waals surface area (Å²) in [7, 11) is -3.86. The Morgan fingerprint density at radius 3 is 2.37 bits per heavy atom. The zero-order valence-electron chi connectivity index (χ0n) is 9.91. The molecule has 0 saturated heterocycles. The lowest BCUT2D eigenvalue weighted by molar-refractivity contribution is 0.0697. The SMILES string of the molecule is CC1(NS(=O)(=O)c2cc(C(=O)O)c(Cl)cc2Cl)CC1. The summed E-state index contributed by atoms with van der Waals surface area (Å²) >= 11 is 11.6. The Kier molecular flexibility index (Phi) is 3.55. The van der Waals surface area contributed by atoms with Crippen LogP contribution in [0.5, 0.6) is 0 Å². The van der Waals surface area contributed by atoms with Crippen molar-refractivity contribution >= 4 is 39.2 Å². The Balaban J connectivity index is 2.49. The van der Waals surface area contributed by atoms with E-state index in [9.17, 15) is 13.2 Å². The molecule has 5 nitrogen and oxygen atoms in total. The highest BCUT2D eigenvalue weighted by atomic mass is 35.5. The first-order valence-corrected chi connectivity index (χ1v) is 7.65. The zero-order chi connectivity index (χ0) is 14.4. The number of aromatic carboxylic acids is 1. The molecule has 0 unspecified atom stereocenters. The van der Waals surface area contributed by atoms with E-state index in [4.69, 9.17) is 28.3 Å². The van der Waals surface area contributed by atoms with Gasteiger partial charge in [0.15, 0.2) is 0 Å². The number of sulfonamides is 1. The topological polar surface area (TPSA) is 83.5 Å². The normalized spacial score (nSPS) is 17.2. The van der Waals surface area contributed by atoms with Crippen LogP contribution in [0, 0.1) is 0 Å². The van der Waals surface area contributed by atoms with Gasteiger partial charge in [-0.05, 0) is 31.9 Å². The molecule has 2 N–H and O–H groups in total. The highest BCUT2D eigenvalue weighted by Crippen LogP contribution is 2.37. The van der Waals surface area contributed by atoms with Crippen molar-refractivity contribution in [3.8, 4) is 0 Å². The van der Waals surface area contributed by atoms with Gasteiger partial charge in [-0.1, -0.05) is 23.2 Å². The first-order valence-electron chi connectivity index (χ1n) is 5.41. The Morgan fingerprint density at radius 2 is 1.89 bits per heavy atom. The van der Waals surface area contributed by atoms with E-state index in [0.717, 1.165) is 25.0 Å². The molecule has 2 rings (SSSR count). The van der Waals surface area contributed by atoms with Crippen molar-refractivity contribution in [3.05, 3.63) is 27.7 Å². The van der Waals surface area contributed by atoms with Crippen LogP contribution in [0.1, 0.15) is 30.1 Å². The molecule has 1 aliphatic rings. The lowest BCUT2D eigenvalue weighted by atomic mass is 10.2. The molecule has 19 heavy (non-hydrogen) atoms. The summed E-state index contributed by atoms with van der Waals surface area (Å²) in [6, 6.07) is 2.09. The van der Waals surface area contributed by atoms with E-state index in [1.807, 2.05) is 0 Å². The lowest BCUT2D eigenvalue weighted by Crippen LogP contribution is -2.34. The molecule has 0 bridgehead atoms. The quantitative estimate of drug-likeness (QED) is 0.891. The molecule has 1 aromatic rings. The summed E-state index contributed by atoms with van der Waals surface area (Å²) in [5.41, 5.74) is -0.766. The fraction of sp³-hybridized carbons (Fsp3) is 0.364. The number of rotatable bonds is 4. The lowest BCUT2D eigenvalue weighted by Gasteiger charge is -2.14. The molecule has 8 heteroatoms. The standard InChI is InChI=1S/C11H11Cl2NO4S/c1-11(2-3-11)14-19(17,18)9-4-6(10(15)16)7(12)5-8(9)13/h4-5,14H,2-3H2,1H3,(H,15,16). The maximum Gasteiger partial charge on any atom is 0.337 e. The maximum absolute atomic E-state index is 12.2. The number of nitrogens with one attached hydrogen (secondary N) is 1. The van der Waals surface area contributed by atoms with Crippen molar-refractivity contribution in [3.63, 3.8) is 0 Å². The second-order valence-corrected chi connectivity index (χ2v) is 7.20. The Labute approximate surface area is 120 Å². The van der Waals surface area contributed by atoms with Gasteiger partial charge in [-0.3, -0.25) is 0 Å². The van der Waals surface area contributed by atoms with Gasteiger partial charge in [0.25, 0.3) is 0 Å². The maximum atomic E-state index is 12.2. The first-order chi connectivity index (χ1) is 8.65. The van der Waals surface area contributed by atoms with Crippen molar-refractivity contribution < 1.29 is 18.3 Å². The number of halogens is 2. The average Bonchev–Trinajstić information content (AvgIpc) is 2.93. The summed E-state index contributed by atoms with van der Waals surface area (Å²) in [4.78, 5) is 10.7. The number of hydrogen-bond donors (Lipinski definition) is 2. The molecule has 0 atom stereocenters. The van der Waals surface area contributed by atoms with Gasteiger partial charge in [0.2, 0.25) is 10.0 Å². The van der Waals surface area contributed by atoms with Gasteiger partial charge < -0.3 is 5.11 Å². The third-order valence-corrected chi connectivity index (χ3v) is 5.34. The van der Waals surface area contributed by atoms with Crippen LogP contribution >= 0.6 is 23.2 Å². The molecule has 1 saturated carbocycles. The van der Waals surface area contributed by atoms with E-state index in [2.05, 4.69) is 4.72 Å². The molecule has 0 radical (unpaired) electrons. The molecule has 0 amide bonds. The molecule has 104 valence electrons. The molecular formula is C11H11Cl2NO4S. The van der Waals surface area contributed by atoms with Crippen LogP contribution in [-0.4, -0.2) is 25.0 Å². The van der Waals surface area contributed by atoms with Crippen LogP contribution in [0.2, 0.25) is 10.0 Å². The van der Waals surface area contributed by atoms with Crippen molar-refractivity contribution in [2.75, 3.05) is 0 Å². The van der Waals surface area contributed by atoms with Gasteiger partial charge >= 0.3 is 5.97 Å². The Bertz CT molecular complexity index is 653. The molecule has 0 aliphatic heterocycles. The molecule has 0 heterocycles. The summed E-state index contributed by atoms with van der Waals surface area (Å²) in [5, 5.41) is 8.74. The predicted octanol–water partition coefficient (Wildman–Crippen LogP) is 2.52. The van der Waals surface area contributed by atoms with Gasteiger partial charge in [0, 0.05) is 5.54 Å². The van der Waals surface area contributed by atoms with E-state index < -0.39 is 21.5 Å². The van der Waals surface area contributed by atoms with Crippen LogP contribution < -0.4 is 4.72 Å². The van der Waals surface area contributed by atoms with E-state index in [1.165, 1.54) is 0 Å². The largest absolute Gasteiger partial charge is 0.478 e. The van der Waals surface area contributed by atoms with E-state index in [0.29, 0.717) is 0 Å². The molecule has 1 aromatic carbocycles. The van der Waals surface area contributed by atoms with Gasteiger partial charge in [0.05, 0.1) is 15.6 Å². The van der Waals surface area contributed by atoms with Gasteiger partial charge in [-0.2, -0.15) is 0 Å². The molecule has 0 spiro atoms. The smallest absolute Gasteiger partial charge is 0.337 e. The Hall–Kier alpha value is -0.820. The highest BCUT2D eigenvalue weighted by Gasteiger charge is 2.41.